The minimum atomic E-state index is -0.974. The molecule has 1 aromatic rings. The van der Waals surface area contributed by atoms with Crippen LogP contribution in [0.3, 0.4) is 0 Å². The standard InChI is InChI=1S/C10H12N2O2/c11-9-6-7(12-4-1-5-12)2-3-8(9)10(13)14/h2-3,6H,1,4-5,11H2,(H,13,14). The van der Waals surface area contributed by atoms with Gasteiger partial charge < -0.3 is 15.7 Å². The first-order chi connectivity index (χ1) is 6.68. The van der Waals surface area contributed by atoms with E-state index in [0.29, 0.717) is 5.69 Å². The topological polar surface area (TPSA) is 66.6 Å². The molecule has 1 aliphatic heterocycles. The van der Waals surface area contributed by atoms with E-state index in [-0.39, 0.29) is 5.56 Å². The van der Waals surface area contributed by atoms with E-state index in [4.69, 9.17) is 10.8 Å². The van der Waals surface area contributed by atoms with Crippen molar-refractivity contribution in [2.75, 3.05) is 23.7 Å². The van der Waals surface area contributed by atoms with Crippen LogP contribution < -0.4 is 10.6 Å². The number of hydrogen-bond donors (Lipinski definition) is 2. The van der Waals surface area contributed by atoms with Crippen LogP contribution in [0.1, 0.15) is 16.8 Å². The van der Waals surface area contributed by atoms with Crippen molar-refractivity contribution in [2.45, 2.75) is 6.42 Å². The molecule has 1 saturated heterocycles. The van der Waals surface area contributed by atoms with Gasteiger partial charge in [-0.25, -0.2) is 4.79 Å². The summed E-state index contributed by atoms with van der Waals surface area (Å²) in [5.41, 5.74) is 7.15. The van der Waals surface area contributed by atoms with E-state index in [0.717, 1.165) is 18.8 Å². The molecule has 4 heteroatoms. The molecule has 0 atom stereocenters. The lowest BCUT2D eigenvalue weighted by Gasteiger charge is -2.33. The summed E-state index contributed by atoms with van der Waals surface area (Å²) in [6, 6.07) is 5.09. The number of nitrogen functional groups attached to an aromatic ring is 1. The normalized spacial score (nSPS) is 15.0. The van der Waals surface area contributed by atoms with Crippen LogP contribution in [0.4, 0.5) is 11.4 Å². The maximum absolute atomic E-state index is 10.7. The first-order valence-corrected chi connectivity index (χ1v) is 4.56. The quantitative estimate of drug-likeness (QED) is 0.690. The first kappa shape index (κ1) is 8.87. The lowest BCUT2D eigenvalue weighted by Crippen LogP contribution is -2.37. The Morgan fingerprint density at radius 2 is 2.14 bits per heavy atom. The smallest absolute Gasteiger partial charge is 0.337 e. The molecule has 2 rings (SSSR count). The second-order valence-corrected chi connectivity index (χ2v) is 3.42. The molecule has 0 aliphatic carbocycles. The van der Waals surface area contributed by atoms with E-state index in [1.54, 1.807) is 18.2 Å². The number of benzene rings is 1. The molecule has 1 fully saturated rings. The number of carbonyl (C=O) groups is 1. The SMILES string of the molecule is Nc1cc(N2CCC2)ccc1C(=O)O. The summed E-state index contributed by atoms with van der Waals surface area (Å²) in [6.07, 6.45) is 1.20. The Bertz CT molecular complexity index is 372. The zero-order valence-electron chi connectivity index (χ0n) is 7.73. The van der Waals surface area contributed by atoms with Crippen molar-refractivity contribution in [2.24, 2.45) is 0 Å². The Morgan fingerprint density at radius 1 is 1.43 bits per heavy atom. The van der Waals surface area contributed by atoms with Crippen LogP contribution in [-0.4, -0.2) is 24.2 Å². The summed E-state index contributed by atoms with van der Waals surface area (Å²) in [6.45, 7) is 2.07. The summed E-state index contributed by atoms with van der Waals surface area (Å²) in [7, 11) is 0. The number of nitrogens with zero attached hydrogens (tertiary/aromatic N) is 1. The van der Waals surface area contributed by atoms with E-state index in [1.807, 2.05) is 0 Å². The Balaban J connectivity index is 2.30. The van der Waals surface area contributed by atoms with Gasteiger partial charge in [-0.05, 0) is 24.6 Å². The van der Waals surface area contributed by atoms with Crippen molar-refractivity contribution >= 4 is 17.3 Å². The molecule has 74 valence electrons. The van der Waals surface area contributed by atoms with E-state index >= 15 is 0 Å². The highest BCUT2D eigenvalue weighted by atomic mass is 16.4. The Morgan fingerprint density at radius 3 is 2.57 bits per heavy atom. The molecular formula is C10H12N2O2. The van der Waals surface area contributed by atoms with Crippen molar-refractivity contribution in [3.63, 3.8) is 0 Å². The highest BCUT2D eigenvalue weighted by molar-refractivity contribution is 5.94. The van der Waals surface area contributed by atoms with Crippen LogP contribution in [-0.2, 0) is 0 Å². The highest BCUT2D eigenvalue weighted by Crippen LogP contribution is 2.24. The summed E-state index contributed by atoms with van der Waals surface area (Å²) < 4.78 is 0. The van der Waals surface area contributed by atoms with Crippen LogP contribution in [0, 0.1) is 0 Å². The largest absolute Gasteiger partial charge is 0.478 e. The van der Waals surface area contributed by atoms with Gasteiger partial charge in [-0.3, -0.25) is 0 Å². The van der Waals surface area contributed by atoms with Crippen LogP contribution >= 0.6 is 0 Å². The third kappa shape index (κ3) is 1.39. The van der Waals surface area contributed by atoms with Crippen molar-refractivity contribution in [3.05, 3.63) is 23.8 Å². The molecule has 0 bridgehead atoms. The number of hydrogen-bond acceptors (Lipinski definition) is 3. The van der Waals surface area contributed by atoms with Crippen LogP contribution in [0.5, 0.6) is 0 Å². The molecule has 0 radical (unpaired) electrons. The van der Waals surface area contributed by atoms with E-state index in [2.05, 4.69) is 4.90 Å². The highest BCUT2D eigenvalue weighted by Gasteiger charge is 2.16. The molecular weight excluding hydrogens is 180 g/mol. The fourth-order valence-electron chi connectivity index (χ4n) is 1.52. The minimum Gasteiger partial charge on any atom is -0.478 e. The Hall–Kier alpha value is -1.71. The Kier molecular flexibility index (Phi) is 2.04. The fourth-order valence-corrected chi connectivity index (χ4v) is 1.52. The van der Waals surface area contributed by atoms with Gasteiger partial charge in [-0.15, -0.1) is 0 Å². The van der Waals surface area contributed by atoms with E-state index < -0.39 is 5.97 Å². The second-order valence-electron chi connectivity index (χ2n) is 3.42. The fraction of sp³-hybridized carbons (Fsp3) is 0.300. The molecule has 3 N–H and O–H groups in total. The van der Waals surface area contributed by atoms with Gasteiger partial charge >= 0.3 is 5.97 Å². The van der Waals surface area contributed by atoms with Gasteiger partial charge in [-0.1, -0.05) is 0 Å². The van der Waals surface area contributed by atoms with Gasteiger partial charge in [0, 0.05) is 24.5 Å². The molecule has 4 nitrogen and oxygen atoms in total. The lowest BCUT2D eigenvalue weighted by atomic mass is 10.1. The predicted molar refractivity (Wildman–Crippen MR) is 54.6 cm³/mol. The molecule has 0 aromatic heterocycles. The zero-order valence-corrected chi connectivity index (χ0v) is 7.73. The predicted octanol–water partition coefficient (Wildman–Crippen LogP) is 1.18. The lowest BCUT2D eigenvalue weighted by molar-refractivity contribution is 0.0698. The summed E-state index contributed by atoms with van der Waals surface area (Å²) >= 11 is 0. The van der Waals surface area contributed by atoms with Crippen molar-refractivity contribution in [1.29, 1.82) is 0 Å². The zero-order chi connectivity index (χ0) is 10.1. The van der Waals surface area contributed by atoms with Crippen molar-refractivity contribution < 1.29 is 9.90 Å². The van der Waals surface area contributed by atoms with Gasteiger partial charge in [0.25, 0.3) is 0 Å². The first-order valence-electron chi connectivity index (χ1n) is 4.56. The number of nitrogens with two attached hydrogens (primary N) is 1. The monoisotopic (exact) mass is 192 g/mol. The van der Waals surface area contributed by atoms with Gasteiger partial charge in [0.1, 0.15) is 0 Å². The van der Waals surface area contributed by atoms with Gasteiger partial charge in [0.05, 0.1) is 5.56 Å². The minimum absolute atomic E-state index is 0.175. The number of rotatable bonds is 2. The van der Waals surface area contributed by atoms with Gasteiger partial charge in [-0.2, -0.15) is 0 Å². The molecule has 1 heterocycles. The van der Waals surface area contributed by atoms with Gasteiger partial charge in [0.2, 0.25) is 0 Å². The van der Waals surface area contributed by atoms with Crippen LogP contribution in [0.15, 0.2) is 18.2 Å². The molecule has 0 spiro atoms. The molecule has 0 amide bonds. The molecule has 1 aromatic carbocycles. The maximum Gasteiger partial charge on any atom is 0.337 e. The average Bonchev–Trinajstić information content (AvgIpc) is 2.00. The summed E-state index contributed by atoms with van der Waals surface area (Å²) in [5.74, 6) is -0.974. The Labute approximate surface area is 81.9 Å². The van der Waals surface area contributed by atoms with Crippen molar-refractivity contribution in [1.82, 2.24) is 0 Å². The van der Waals surface area contributed by atoms with E-state index in [9.17, 15) is 4.79 Å². The number of carboxylic acid groups (broad SMARTS) is 1. The van der Waals surface area contributed by atoms with E-state index in [1.165, 1.54) is 6.42 Å². The molecule has 0 saturated carbocycles. The number of carboxylic acids is 1. The number of anilines is 2. The second kappa shape index (κ2) is 3.21. The molecule has 0 unspecified atom stereocenters. The third-order valence-electron chi connectivity index (χ3n) is 2.49. The van der Waals surface area contributed by atoms with Crippen LogP contribution in [0.25, 0.3) is 0 Å². The molecule has 1 aliphatic rings. The molecule has 14 heavy (non-hydrogen) atoms. The summed E-state index contributed by atoms with van der Waals surface area (Å²) in [5, 5.41) is 8.77. The summed E-state index contributed by atoms with van der Waals surface area (Å²) in [4.78, 5) is 12.9. The van der Waals surface area contributed by atoms with Gasteiger partial charge in [0.15, 0.2) is 0 Å². The van der Waals surface area contributed by atoms with Crippen molar-refractivity contribution in [3.8, 4) is 0 Å². The van der Waals surface area contributed by atoms with Crippen LogP contribution in [0.2, 0.25) is 0 Å². The number of aromatic carboxylic acids is 1. The average molecular weight is 192 g/mol. The maximum atomic E-state index is 10.7. The third-order valence-corrected chi connectivity index (χ3v) is 2.49.